The van der Waals surface area contributed by atoms with E-state index in [1.807, 2.05) is 13.8 Å². The van der Waals surface area contributed by atoms with Crippen LogP contribution in [-0.4, -0.2) is 54.6 Å². The summed E-state index contributed by atoms with van der Waals surface area (Å²) in [6.07, 6.45) is 3.32. The first-order valence-electron chi connectivity index (χ1n) is 9.81. The number of carbonyl (C=O) groups is 2. The molecule has 2 fully saturated rings. The fourth-order valence-electron chi connectivity index (χ4n) is 3.63. The normalized spacial score (nSPS) is 20.7. The second-order valence-corrected chi connectivity index (χ2v) is 11.1. The molecule has 0 radical (unpaired) electrons. The monoisotopic (exact) mass is 424 g/mol. The molecule has 1 unspecified atom stereocenters. The summed E-state index contributed by atoms with van der Waals surface area (Å²) in [6.45, 7) is 4.62. The molecule has 3 rings (SSSR count). The zero-order valence-corrected chi connectivity index (χ0v) is 18.0. The molecule has 1 saturated heterocycles. The Morgan fingerprint density at radius 1 is 1.18 bits per heavy atom. The van der Waals surface area contributed by atoms with E-state index in [0.717, 1.165) is 12.8 Å². The number of thioether (sulfide) groups is 1. The molecule has 8 heteroatoms. The fourth-order valence-corrected chi connectivity index (χ4v) is 6.63. The van der Waals surface area contributed by atoms with E-state index in [1.54, 1.807) is 28.8 Å². The van der Waals surface area contributed by atoms with E-state index in [-0.39, 0.29) is 22.0 Å². The molecule has 0 aromatic heterocycles. The van der Waals surface area contributed by atoms with E-state index in [1.165, 1.54) is 12.1 Å². The van der Waals surface area contributed by atoms with Crippen LogP contribution in [0.2, 0.25) is 0 Å². The number of hydrogen-bond acceptors (Lipinski definition) is 5. The van der Waals surface area contributed by atoms with Gasteiger partial charge in [-0.3, -0.25) is 9.59 Å². The minimum Gasteiger partial charge on any atom is -0.354 e. The van der Waals surface area contributed by atoms with Gasteiger partial charge >= 0.3 is 0 Å². The van der Waals surface area contributed by atoms with Gasteiger partial charge in [0.05, 0.1) is 16.0 Å². The molecule has 1 saturated carbocycles. The molecule has 1 aliphatic carbocycles. The van der Waals surface area contributed by atoms with E-state index in [0.29, 0.717) is 42.5 Å². The smallest absolute Gasteiger partial charge is 0.255 e. The average molecular weight is 425 g/mol. The van der Waals surface area contributed by atoms with Gasteiger partial charge in [-0.05, 0) is 43.0 Å². The Balaban J connectivity index is 1.71. The molecule has 1 heterocycles. The van der Waals surface area contributed by atoms with Crippen LogP contribution in [-0.2, 0) is 14.6 Å². The van der Waals surface area contributed by atoms with Crippen molar-refractivity contribution in [2.45, 2.75) is 55.7 Å². The Morgan fingerprint density at radius 3 is 2.43 bits per heavy atom. The van der Waals surface area contributed by atoms with E-state index in [2.05, 4.69) is 5.32 Å². The van der Waals surface area contributed by atoms with Crippen LogP contribution in [0.1, 0.15) is 49.9 Å². The number of nitrogens with one attached hydrogen (secondary N) is 1. The molecule has 1 atom stereocenters. The summed E-state index contributed by atoms with van der Waals surface area (Å²) < 4.78 is 25.4. The molecule has 154 valence electrons. The zero-order chi connectivity index (χ0) is 20.3. The number of rotatable bonds is 6. The summed E-state index contributed by atoms with van der Waals surface area (Å²) >= 11 is 1.55. The minimum atomic E-state index is -3.33. The Kier molecular flexibility index (Phi) is 6.70. The van der Waals surface area contributed by atoms with Crippen LogP contribution < -0.4 is 5.32 Å². The van der Waals surface area contributed by atoms with Crippen molar-refractivity contribution in [3.8, 4) is 0 Å². The van der Waals surface area contributed by atoms with Crippen LogP contribution in [0, 0.1) is 5.92 Å². The summed E-state index contributed by atoms with van der Waals surface area (Å²) in [5.41, 5.74) is 0.412. The number of sulfone groups is 1. The van der Waals surface area contributed by atoms with Gasteiger partial charge in [-0.25, -0.2) is 8.42 Å². The molecule has 6 nitrogen and oxygen atoms in total. The number of nitrogens with zero attached hydrogens (tertiary/aromatic N) is 1. The topological polar surface area (TPSA) is 83.6 Å². The lowest BCUT2D eigenvalue weighted by Gasteiger charge is -2.23. The van der Waals surface area contributed by atoms with Gasteiger partial charge in [0.25, 0.3) is 5.91 Å². The standard InChI is InChI=1S/C20H28N2O4S2/c1-14(2)11-21-19(23)18-12-27-13-22(18)20(24)15-7-9-17(10-8-15)28(25,26)16-5-3-4-6-16/h7-10,14,16,18H,3-6,11-13H2,1-2H3,(H,21,23). The van der Waals surface area contributed by atoms with Crippen molar-refractivity contribution in [1.29, 1.82) is 0 Å². The second-order valence-electron chi connectivity index (χ2n) is 7.91. The first-order chi connectivity index (χ1) is 13.3. The SMILES string of the molecule is CC(C)CNC(=O)C1CSCN1C(=O)c1ccc(S(=O)(=O)C2CCCC2)cc1. The Hall–Kier alpha value is -1.54. The lowest BCUT2D eigenvalue weighted by atomic mass is 10.1. The van der Waals surface area contributed by atoms with Gasteiger partial charge in [0.1, 0.15) is 6.04 Å². The number of hydrogen-bond donors (Lipinski definition) is 1. The number of benzene rings is 1. The molecular formula is C20H28N2O4S2. The van der Waals surface area contributed by atoms with Gasteiger partial charge in [-0.1, -0.05) is 26.7 Å². The van der Waals surface area contributed by atoms with Crippen molar-refractivity contribution >= 4 is 33.4 Å². The zero-order valence-electron chi connectivity index (χ0n) is 16.4. The van der Waals surface area contributed by atoms with Crippen molar-refractivity contribution in [2.24, 2.45) is 5.92 Å². The Bertz CT molecular complexity index is 815. The largest absolute Gasteiger partial charge is 0.354 e. The number of amides is 2. The summed E-state index contributed by atoms with van der Waals surface area (Å²) in [5.74, 6) is 1.01. The lowest BCUT2D eigenvalue weighted by molar-refractivity contribution is -0.124. The van der Waals surface area contributed by atoms with Crippen molar-refractivity contribution in [3.05, 3.63) is 29.8 Å². The third-order valence-corrected chi connectivity index (χ3v) is 8.59. The summed E-state index contributed by atoms with van der Waals surface area (Å²) in [7, 11) is -3.33. The van der Waals surface area contributed by atoms with Gasteiger partial charge in [-0.2, -0.15) is 0 Å². The second kappa shape index (κ2) is 8.86. The Morgan fingerprint density at radius 2 is 1.82 bits per heavy atom. The number of carbonyl (C=O) groups excluding carboxylic acids is 2. The molecular weight excluding hydrogens is 396 g/mol. The highest BCUT2D eigenvalue weighted by Crippen LogP contribution is 2.30. The molecule has 1 aliphatic heterocycles. The predicted octanol–water partition coefficient (Wildman–Crippen LogP) is 2.69. The van der Waals surface area contributed by atoms with E-state index >= 15 is 0 Å². The van der Waals surface area contributed by atoms with E-state index in [9.17, 15) is 18.0 Å². The van der Waals surface area contributed by atoms with Crippen LogP contribution in [0.4, 0.5) is 0 Å². The van der Waals surface area contributed by atoms with E-state index < -0.39 is 15.9 Å². The van der Waals surface area contributed by atoms with Crippen molar-refractivity contribution in [2.75, 3.05) is 18.2 Å². The maximum Gasteiger partial charge on any atom is 0.255 e. The molecule has 28 heavy (non-hydrogen) atoms. The molecule has 1 N–H and O–H groups in total. The lowest BCUT2D eigenvalue weighted by Crippen LogP contribution is -2.47. The van der Waals surface area contributed by atoms with Gasteiger partial charge in [0.2, 0.25) is 5.91 Å². The Labute approximate surface area is 171 Å². The van der Waals surface area contributed by atoms with Gasteiger partial charge in [0.15, 0.2) is 9.84 Å². The van der Waals surface area contributed by atoms with Gasteiger partial charge in [-0.15, -0.1) is 11.8 Å². The summed E-state index contributed by atoms with van der Waals surface area (Å²) in [5, 5.41) is 2.59. The van der Waals surface area contributed by atoms with Crippen LogP contribution in [0.5, 0.6) is 0 Å². The third-order valence-electron chi connectivity index (χ3n) is 5.30. The van der Waals surface area contributed by atoms with Crippen molar-refractivity contribution in [1.82, 2.24) is 10.2 Å². The maximum absolute atomic E-state index is 12.9. The van der Waals surface area contributed by atoms with Crippen molar-refractivity contribution < 1.29 is 18.0 Å². The van der Waals surface area contributed by atoms with E-state index in [4.69, 9.17) is 0 Å². The van der Waals surface area contributed by atoms with Crippen LogP contribution in [0.15, 0.2) is 29.2 Å². The van der Waals surface area contributed by atoms with Crippen LogP contribution >= 0.6 is 11.8 Å². The molecule has 1 aromatic carbocycles. The first kappa shape index (κ1) is 21.2. The first-order valence-corrected chi connectivity index (χ1v) is 12.5. The quantitative estimate of drug-likeness (QED) is 0.759. The summed E-state index contributed by atoms with van der Waals surface area (Å²) in [4.78, 5) is 27.2. The molecule has 0 spiro atoms. The van der Waals surface area contributed by atoms with Crippen LogP contribution in [0.3, 0.4) is 0 Å². The average Bonchev–Trinajstić information content (AvgIpc) is 3.37. The molecule has 2 amide bonds. The maximum atomic E-state index is 12.9. The minimum absolute atomic E-state index is 0.132. The third kappa shape index (κ3) is 4.54. The highest BCUT2D eigenvalue weighted by atomic mass is 32.2. The highest BCUT2D eigenvalue weighted by molar-refractivity contribution is 7.99. The molecule has 0 bridgehead atoms. The van der Waals surface area contributed by atoms with Gasteiger partial charge in [0, 0.05) is 17.9 Å². The molecule has 2 aliphatic rings. The highest BCUT2D eigenvalue weighted by Gasteiger charge is 2.35. The predicted molar refractivity (Wildman–Crippen MR) is 111 cm³/mol. The fraction of sp³-hybridized carbons (Fsp3) is 0.600. The van der Waals surface area contributed by atoms with Crippen molar-refractivity contribution in [3.63, 3.8) is 0 Å². The van der Waals surface area contributed by atoms with Crippen LogP contribution in [0.25, 0.3) is 0 Å². The van der Waals surface area contributed by atoms with Gasteiger partial charge < -0.3 is 10.2 Å². The molecule has 1 aromatic rings. The summed E-state index contributed by atoms with van der Waals surface area (Å²) in [6, 6.07) is 5.70.